The Hall–Kier alpha value is -1.55. The van der Waals surface area contributed by atoms with Crippen molar-refractivity contribution in [3.8, 4) is 0 Å². The predicted octanol–water partition coefficient (Wildman–Crippen LogP) is 2.41. The number of carbonyl (C=O) groups is 1. The van der Waals surface area contributed by atoms with E-state index in [1.807, 2.05) is 14.0 Å². The number of likely N-dealkylation sites (N-methyl/N-ethyl adjacent to an activating group) is 1. The Bertz CT molecular complexity index is 505. The van der Waals surface area contributed by atoms with Gasteiger partial charge in [0.25, 0.3) is 0 Å². The summed E-state index contributed by atoms with van der Waals surface area (Å²) >= 11 is 0. The Morgan fingerprint density at radius 1 is 1.33 bits per heavy atom. The summed E-state index contributed by atoms with van der Waals surface area (Å²) in [5, 5.41) is 0. The molecule has 116 valence electrons. The molecular formula is C17H26N2O2. The van der Waals surface area contributed by atoms with Crippen molar-refractivity contribution in [1.29, 1.82) is 0 Å². The van der Waals surface area contributed by atoms with Crippen LogP contribution in [0, 0.1) is 19.8 Å². The van der Waals surface area contributed by atoms with Gasteiger partial charge in [-0.15, -0.1) is 0 Å². The molecule has 1 aliphatic carbocycles. The highest BCUT2D eigenvalue weighted by Crippen LogP contribution is 2.40. The lowest BCUT2D eigenvalue weighted by molar-refractivity contribution is -0.150. The number of rotatable bonds is 6. The number of esters is 1. The number of aryl methyl sites for hydroxylation is 2. The van der Waals surface area contributed by atoms with E-state index in [4.69, 9.17) is 10.5 Å². The zero-order chi connectivity index (χ0) is 15.6. The molecule has 2 N–H and O–H groups in total. The predicted molar refractivity (Wildman–Crippen MR) is 85.5 cm³/mol. The Morgan fingerprint density at radius 3 is 2.38 bits per heavy atom. The van der Waals surface area contributed by atoms with E-state index in [9.17, 15) is 4.79 Å². The number of anilines is 1. The number of carbonyl (C=O) groups excluding carboxylic acids is 1. The lowest BCUT2D eigenvalue weighted by atomic mass is 9.93. The Kier molecular flexibility index (Phi) is 4.57. The van der Waals surface area contributed by atoms with Crippen molar-refractivity contribution in [2.24, 2.45) is 11.7 Å². The van der Waals surface area contributed by atoms with Crippen LogP contribution in [-0.4, -0.2) is 31.7 Å². The zero-order valence-electron chi connectivity index (χ0n) is 13.5. The van der Waals surface area contributed by atoms with E-state index in [2.05, 4.69) is 36.9 Å². The summed E-state index contributed by atoms with van der Waals surface area (Å²) in [5.74, 6) is -0.0337. The van der Waals surface area contributed by atoms with Crippen LogP contribution in [-0.2, 0) is 9.53 Å². The number of ether oxygens (including phenoxy) is 1. The summed E-state index contributed by atoms with van der Waals surface area (Å²) in [7, 11) is 1.98. The van der Waals surface area contributed by atoms with E-state index < -0.39 is 5.54 Å². The van der Waals surface area contributed by atoms with Gasteiger partial charge in [-0.2, -0.15) is 0 Å². The normalized spacial score (nSPS) is 17.2. The van der Waals surface area contributed by atoms with Crippen LogP contribution in [0.3, 0.4) is 0 Å². The molecule has 0 amide bonds. The summed E-state index contributed by atoms with van der Waals surface area (Å²) < 4.78 is 5.20. The second-order valence-corrected chi connectivity index (χ2v) is 6.24. The van der Waals surface area contributed by atoms with Gasteiger partial charge in [-0.3, -0.25) is 0 Å². The maximum absolute atomic E-state index is 12.3. The fourth-order valence-electron chi connectivity index (χ4n) is 2.88. The Morgan fingerprint density at radius 2 is 1.90 bits per heavy atom. The highest BCUT2D eigenvalue weighted by molar-refractivity contribution is 5.82. The third kappa shape index (κ3) is 3.56. The average molecular weight is 290 g/mol. The molecule has 0 heterocycles. The largest absolute Gasteiger partial charge is 0.465 e. The molecule has 2 rings (SSSR count). The van der Waals surface area contributed by atoms with Gasteiger partial charge in [0.15, 0.2) is 0 Å². The van der Waals surface area contributed by atoms with Crippen molar-refractivity contribution in [3.63, 3.8) is 0 Å². The minimum Gasteiger partial charge on any atom is -0.465 e. The van der Waals surface area contributed by atoms with Crippen molar-refractivity contribution in [1.82, 2.24) is 0 Å². The summed E-state index contributed by atoms with van der Waals surface area (Å²) in [5.41, 5.74) is 9.04. The van der Waals surface area contributed by atoms with Gasteiger partial charge >= 0.3 is 5.97 Å². The fraction of sp³-hybridized carbons (Fsp3) is 0.588. The SMILES string of the molecule is CCOC(=O)C(N)(CN(C)c1cc(C)cc(C)c1)C1CC1. The maximum atomic E-state index is 12.3. The van der Waals surface area contributed by atoms with Crippen molar-refractivity contribution in [2.45, 2.75) is 39.2 Å². The molecule has 1 atom stereocenters. The second-order valence-electron chi connectivity index (χ2n) is 6.24. The third-order valence-corrected chi connectivity index (χ3v) is 4.11. The van der Waals surface area contributed by atoms with Crippen LogP contribution >= 0.6 is 0 Å². The van der Waals surface area contributed by atoms with Gasteiger partial charge < -0.3 is 15.4 Å². The Balaban J connectivity index is 2.18. The number of benzene rings is 1. The van der Waals surface area contributed by atoms with Gasteiger partial charge in [-0.25, -0.2) is 4.79 Å². The van der Waals surface area contributed by atoms with Gasteiger partial charge in [0, 0.05) is 19.3 Å². The van der Waals surface area contributed by atoms with E-state index in [-0.39, 0.29) is 11.9 Å². The van der Waals surface area contributed by atoms with Gasteiger partial charge in [-0.05, 0) is 62.8 Å². The molecule has 1 saturated carbocycles. The van der Waals surface area contributed by atoms with Gasteiger partial charge in [0.1, 0.15) is 5.54 Å². The van der Waals surface area contributed by atoms with E-state index in [1.165, 1.54) is 11.1 Å². The van der Waals surface area contributed by atoms with E-state index in [0.29, 0.717) is 13.2 Å². The smallest absolute Gasteiger partial charge is 0.328 e. The molecule has 0 aliphatic heterocycles. The van der Waals surface area contributed by atoms with Crippen LogP contribution in [0.2, 0.25) is 0 Å². The number of hydrogen-bond acceptors (Lipinski definition) is 4. The van der Waals surface area contributed by atoms with Crippen molar-refractivity contribution in [3.05, 3.63) is 29.3 Å². The number of hydrogen-bond donors (Lipinski definition) is 1. The second kappa shape index (κ2) is 6.06. The first-order chi connectivity index (χ1) is 9.86. The molecule has 1 aromatic rings. The van der Waals surface area contributed by atoms with E-state index in [0.717, 1.165) is 18.5 Å². The van der Waals surface area contributed by atoms with Crippen LogP contribution in [0.15, 0.2) is 18.2 Å². The first-order valence-electron chi connectivity index (χ1n) is 7.62. The molecule has 1 unspecified atom stereocenters. The lowest BCUT2D eigenvalue weighted by Gasteiger charge is -2.33. The molecule has 0 spiro atoms. The molecule has 0 radical (unpaired) electrons. The minimum atomic E-state index is -0.900. The molecule has 1 fully saturated rings. The number of nitrogens with two attached hydrogens (primary N) is 1. The van der Waals surface area contributed by atoms with Crippen LogP contribution in [0.4, 0.5) is 5.69 Å². The molecule has 21 heavy (non-hydrogen) atoms. The van der Waals surface area contributed by atoms with Crippen molar-refractivity contribution >= 4 is 11.7 Å². The van der Waals surface area contributed by atoms with Crippen LogP contribution in [0.25, 0.3) is 0 Å². The molecule has 4 heteroatoms. The van der Waals surface area contributed by atoms with Gasteiger partial charge in [-0.1, -0.05) is 6.07 Å². The molecule has 0 saturated heterocycles. The van der Waals surface area contributed by atoms with E-state index in [1.54, 1.807) is 0 Å². The first kappa shape index (κ1) is 15.8. The quantitative estimate of drug-likeness (QED) is 0.817. The van der Waals surface area contributed by atoms with Crippen molar-refractivity contribution in [2.75, 3.05) is 25.1 Å². The van der Waals surface area contributed by atoms with Gasteiger partial charge in [0.2, 0.25) is 0 Å². The highest BCUT2D eigenvalue weighted by Gasteiger charge is 2.49. The van der Waals surface area contributed by atoms with Crippen LogP contribution < -0.4 is 10.6 Å². The highest BCUT2D eigenvalue weighted by atomic mass is 16.5. The standard InChI is InChI=1S/C17H26N2O2/c1-5-21-16(20)17(18,14-6-7-14)11-19(4)15-9-12(2)8-13(3)10-15/h8-10,14H,5-7,11,18H2,1-4H3. The molecule has 1 aliphatic rings. The van der Waals surface area contributed by atoms with Crippen LogP contribution in [0.1, 0.15) is 30.9 Å². The Labute approximate surface area is 127 Å². The molecule has 0 aromatic heterocycles. The molecule has 4 nitrogen and oxygen atoms in total. The van der Waals surface area contributed by atoms with E-state index >= 15 is 0 Å². The fourth-order valence-corrected chi connectivity index (χ4v) is 2.88. The molecule has 0 bridgehead atoms. The van der Waals surface area contributed by atoms with Gasteiger partial charge in [0.05, 0.1) is 6.61 Å². The molecule has 1 aromatic carbocycles. The van der Waals surface area contributed by atoms with Crippen LogP contribution in [0.5, 0.6) is 0 Å². The first-order valence-corrected chi connectivity index (χ1v) is 7.62. The third-order valence-electron chi connectivity index (χ3n) is 4.11. The average Bonchev–Trinajstić information content (AvgIpc) is 3.22. The number of nitrogens with zero attached hydrogens (tertiary/aromatic N) is 1. The summed E-state index contributed by atoms with van der Waals surface area (Å²) in [6, 6.07) is 6.37. The lowest BCUT2D eigenvalue weighted by Crippen LogP contribution is -2.58. The topological polar surface area (TPSA) is 55.6 Å². The summed E-state index contributed by atoms with van der Waals surface area (Å²) in [6.45, 7) is 6.83. The minimum absolute atomic E-state index is 0.241. The monoisotopic (exact) mass is 290 g/mol. The summed E-state index contributed by atoms with van der Waals surface area (Å²) in [6.07, 6.45) is 2.02. The van der Waals surface area contributed by atoms with Crippen molar-refractivity contribution < 1.29 is 9.53 Å². The zero-order valence-corrected chi connectivity index (χ0v) is 13.5. The molecular weight excluding hydrogens is 264 g/mol. The maximum Gasteiger partial charge on any atom is 0.328 e. The summed E-state index contributed by atoms with van der Waals surface area (Å²) in [4.78, 5) is 14.3.